The normalized spacial score (nSPS) is 14.7. The second-order valence-corrected chi connectivity index (χ2v) is 10.6. The summed E-state index contributed by atoms with van der Waals surface area (Å²) in [5, 5.41) is 16.4. The van der Waals surface area contributed by atoms with Crippen LogP contribution in [0.25, 0.3) is 34.1 Å². The second-order valence-electron chi connectivity index (χ2n) is 8.35. The summed E-state index contributed by atoms with van der Waals surface area (Å²) in [6, 6.07) is 2.49. The predicted molar refractivity (Wildman–Crippen MR) is 115 cm³/mol. The van der Waals surface area contributed by atoms with Gasteiger partial charge in [0.2, 0.25) is 17.5 Å². The fourth-order valence-corrected chi connectivity index (χ4v) is 4.72. The monoisotopic (exact) mass is 490 g/mol. The smallest absolute Gasteiger partial charge is 0.312 e. The Morgan fingerprint density at radius 3 is 2.68 bits per heavy atom. The number of pyridine rings is 2. The van der Waals surface area contributed by atoms with Gasteiger partial charge in [0.1, 0.15) is 11.9 Å². The summed E-state index contributed by atoms with van der Waals surface area (Å²) in [5.41, 5.74) is -0.199. The number of alkyl halides is 2. The fraction of sp³-hybridized carbons (Fsp3) is 0.381. The molecule has 4 aromatic rings. The van der Waals surface area contributed by atoms with Crippen LogP contribution in [0.2, 0.25) is 0 Å². The van der Waals surface area contributed by atoms with Crippen molar-refractivity contribution in [3.05, 3.63) is 41.2 Å². The molecule has 13 heteroatoms. The van der Waals surface area contributed by atoms with E-state index >= 15 is 0 Å². The topological polar surface area (TPSA) is 131 Å². The Labute approximate surface area is 192 Å². The maximum Gasteiger partial charge on any atom is 0.312 e. The van der Waals surface area contributed by atoms with E-state index in [2.05, 4.69) is 20.1 Å². The molecule has 1 fully saturated rings. The minimum absolute atomic E-state index is 0.00973. The van der Waals surface area contributed by atoms with Crippen LogP contribution in [0.4, 0.5) is 8.78 Å². The maximum atomic E-state index is 13.8. The molecule has 1 aliphatic rings. The van der Waals surface area contributed by atoms with Crippen LogP contribution in [-0.2, 0) is 22.8 Å². The van der Waals surface area contributed by atoms with E-state index in [1.807, 2.05) is 0 Å². The van der Waals surface area contributed by atoms with E-state index < -0.39 is 21.3 Å². The number of aromatic nitrogens is 6. The number of aryl methyl sites for hydroxylation is 1. The first kappa shape index (κ1) is 22.3. The number of hydrogen-bond acceptors (Lipinski definition) is 8. The zero-order valence-electron chi connectivity index (χ0n) is 18.5. The molecule has 34 heavy (non-hydrogen) atoms. The molecule has 0 aliphatic heterocycles. The Balaban J connectivity index is 1.69. The maximum absolute atomic E-state index is 13.8. The quantitative estimate of drug-likeness (QED) is 0.298. The number of sulfone groups is 1. The molecule has 0 radical (unpaired) electrons. The van der Waals surface area contributed by atoms with E-state index in [1.165, 1.54) is 30.8 Å². The molecule has 0 spiro atoms. The summed E-state index contributed by atoms with van der Waals surface area (Å²) in [6.45, 7) is 2.16. The van der Waals surface area contributed by atoms with Crippen LogP contribution >= 0.6 is 0 Å². The van der Waals surface area contributed by atoms with Gasteiger partial charge in [-0.25, -0.2) is 31.5 Å². The van der Waals surface area contributed by atoms with E-state index in [-0.39, 0.29) is 45.1 Å². The average Bonchev–Trinajstić information content (AvgIpc) is 3.41. The number of fused-ring (bicyclic) bond motifs is 1. The van der Waals surface area contributed by atoms with Gasteiger partial charge in [0.15, 0.2) is 15.4 Å². The van der Waals surface area contributed by atoms with E-state index in [0.717, 1.165) is 25.1 Å². The number of imidazole rings is 1. The Bertz CT molecular complexity index is 1540. The molecular formula is C21H20F2N6O4S. The van der Waals surface area contributed by atoms with Crippen molar-refractivity contribution in [1.29, 1.82) is 0 Å². The van der Waals surface area contributed by atoms with Crippen molar-refractivity contribution in [2.45, 2.75) is 43.4 Å². The van der Waals surface area contributed by atoms with Gasteiger partial charge >= 0.3 is 5.65 Å². The van der Waals surface area contributed by atoms with Crippen molar-refractivity contribution in [3.63, 3.8) is 0 Å². The third-order valence-electron chi connectivity index (χ3n) is 5.76. The van der Waals surface area contributed by atoms with E-state index in [9.17, 15) is 22.4 Å². The van der Waals surface area contributed by atoms with Gasteiger partial charge in [0.05, 0.1) is 23.3 Å². The highest BCUT2D eigenvalue weighted by Crippen LogP contribution is 2.40. The van der Waals surface area contributed by atoms with Crippen LogP contribution < -0.4 is 4.73 Å². The molecule has 0 unspecified atom stereocenters. The lowest BCUT2D eigenvalue weighted by Gasteiger charge is -2.12. The van der Waals surface area contributed by atoms with Gasteiger partial charge in [-0.1, -0.05) is 12.1 Å². The molecule has 0 aromatic carbocycles. The molecular weight excluding hydrogens is 470 g/mol. The van der Waals surface area contributed by atoms with Crippen molar-refractivity contribution >= 4 is 21.0 Å². The molecule has 0 N–H and O–H groups in total. The first-order chi connectivity index (χ1) is 16.0. The summed E-state index contributed by atoms with van der Waals surface area (Å²) >= 11 is 0. The van der Waals surface area contributed by atoms with Crippen LogP contribution in [0, 0.1) is 5.21 Å². The lowest BCUT2D eigenvalue weighted by Crippen LogP contribution is -2.31. The molecule has 0 amide bonds. The van der Waals surface area contributed by atoms with E-state index in [4.69, 9.17) is 4.52 Å². The molecule has 10 nitrogen and oxygen atoms in total. The minimum Gasteiger partial charge on any atom is -0.711 e. The molecule has 1 aliphatic carbocycles. The van der Waals surface area contributed by atoms with Crippen LogP contribution in [-0.4, -0.2) is 38.8 Å². The highest BCUT2D eigenvalue weighted by Gasteiger charge is 2.33. The first-order valence-electron chi connectivity index (χ1n) is 10.5. The van der Waals surface area contributed by atoms with Gasteiger partial charge in [0.25, 0.3) is 5.92 Å². The van der Waals surface area contributed by atoms with Crippen molar-refractivity contribution in [1.82, 2.24) is 24.7 Å². The highest BCUT2D eigenvalue weighted by molar-refractivity contribution is 7.91. The Morgan fingerprint density at radius 1 is 1.29 bits per heavy atom. The zero-order valence-corrected chi connectivity index (χ0v) is 19.3. The SMILES string of the molecule is CCS(=O)(=O)c1cc(-c2noc(C3CC3)n2)cnc1-c1nc2cc(C(C)(F)F)c[n+]([O-])c2n1C. The highest BCUT2D eigenvalue weighted by atomic mass is 32.2. The van der Waals surface area contributed by atoms with Crippen LogP contribution in [0.1, 0.15) is 44.1 Å². The number of halogens is 2. The van der Waals surface area contributed by atoms with Crippen molar-refractivity contribution in [2.24, 2.45) is 7.05 Å². The molecule has 4 aromatic heterocycles. The first-order valence-corrected chi connectivity index (χ1v) is 12.2. The van der Waals surface area contributed by atoms with Crippen LogP contribution in [0.15, 0.2) is 33.9 Å². The fourth-order valence-electron chi connectivity index (χ4n) is 3.67. The summed E-state index contributed by atoms with van der Waals surface area (Å²) < 4.78 is 60.5. The molecule has 0 saturated heterocycles. The van der Waals surface area contributed by atoms with Gasteiger partial charge in [-0.3, -0.25) is 0 Å². The standard InChI is InChI=1S/C21H20F2N6O4S/c1-4-34(31,32)15-7-12(17-26-19(33-27-17)11-5-6-11)9-24-16(15)18-25-14-8-13(21(2,22)23)10-29(30)20(14)28(18)3/h7-11H,4-6H2,1-3H3. The predicted octanol–water partition coefficient (Wildman–Crippen LogP) is 3.10. The summed E-state index contributed by atoms with van der Waals surface area (Å²) in [5.74, 6) is -2.49. The lowest BCUT2D eigenvalue weighted by molar-refractivity contribution is -0.581. The largest absolute Gasteiger partial charge is 0.711 e. The third-order valence-corrected chi connectivity index (χ3v) is 7.50. The van der Waals surface area contributed by atoms with Gasteiger partial charge in [-0.2, -0.15) is 9.97 Å². The molecule has 1 saturated carbocycles. The van der Waals surface area contributed by atoms with Crippen LogP contribution in [0.5, 0.6) is 0 Å². The number of rotatable bonds is 6. The molecule has 5 rings (SSSR count). The number of hydrogen-bond donors (Lipinski definition) is 0. The van der Waals surface area contributed by atoms with E-state index in [0.29, 0.717) is 23.1 Å². The summed E-state index contributed by atoms with van der Waals surface area (Å²) in [4.78, 5) is 12.8. The van der Waals surface area contributed by atoms with Gasteiger partial charge in [-0.05, 0) is 25.0 Å². The third kappa shape index (κ3) is 3.69. The van der Waals surface area contributed by atoms with Crippen molar-refractivity contribution < 1.29 is 26.5 Å². The summed E-state index contributed by atoms with van der Waals surface area (Å²) in [6.07, 6.45) is 4.10. The molecule has 178 valence electrons. The van der Waals surface area contributed by atoms with Gasteiger partial charge in [-0.15, -0.1) is 0 Å². The van der Waals surface area contributed by atoms with E-state index in [1.54, 1.807) is 0 Å². The van der Waals surface area contributed by atoms with Gasteiger partial charge < -0.3 is 9.73 Å². The zero-order chi connectivity index (χ0) is 24.4. The lowest BCUT2D eigenvalue weighted by atomic mass is 10.2. The molecule has 0 atom stereocenters. The Hall–Kier alpha value is -3.48. The minimum atomic E-state index is -3.81. The molecule has 4 heterocycles. The summed E-state index contributed by atoms with van der Waals surface area (Å²) in [7, 11) is -2.32. The van der Waals surface area contributed by atoms with Crippen molar-refractivity contribution in [3.8, 4) is 22.9 Å². The Kier molecular flexibility index (Phi) is 4.93. The van der Waals surface area contributed by atoms with Crippen LogP contribution in [0.3, 0.4) is 0 Å². The average molecular weight is 490 g/mol. The Morgan fingerprint density at radius 2 is 2.03 bits per heavy atom. The number of nitrogens with zero attached hydrogens (tertiary/aromatic N) is 6. The van der Waals surface area contributed by atoms with Crippen molar-refractivity contribution in [2.75, 3.05) is 5.75 Å². The second kappa shape index (κ2) is 7.52. The van der Waals surface area contributed by atoms with Gasteiger partial charge in [0, 0.05) is 24.6 Å². The molecule has 0 bridgehead atoms.